The fourth-order valence-electron chi connectivity index (χ4n) is 2.74. The zero-order valence-electron chi connectivity index (χ0n) is 16.8. The predicted octanol–water partition coefficient (Wildman–Crippen LogP) is 4.07. The summed E-state index contributed by atoms with van der Waals surface area (Å²) in [5.74, 6) is 0. The SMILES string of the molecule is CC.CC(Cc1ccsc1)NC(=O)NCC(CC1=CN=CCC1)N(C)C. The summed E-state index contributed by atoms with van der Waals surface area (Å²) in [6, 6.07) is 2.40. The van der Waals surface area contributed by atoms with Crippen molar-refractivity contribution in [2.75, 3.05) is 20.6 Å². The van der Waals surface area contributed by atoms with Gasteiger partial charge in [-0.05, 0) is 74.7 Å². The Kier molecular flexibility index (Phi) is 10.9. The van der Waals surface area contributed by atoms with Crippen molar-refractivity contribution in [3.05, 3.63) is 34.2 Å². The molecule has 1 aliphatic heterocycles. The minimum absolute atomic E-state index is 0.0970. The molecule has 2 rings (SSSR count). The molecular weight excluding hydrogens is 344 g/mol. The molecule has 0 bridgehead atoms. The van der Waals surface area contributed by atoms with E-state index >= 15 is 0 Å². The van der Waals surface area contributed by atoms with E-state index < -0.39 is 0 Å². The van der Waals surface area contributed by atoms with Crippen LogP contribution in [0.15, 0.2) is 33.6 Å². The number of amides is 2. The quantitative estimate of drug-likeness (QED) is 0.716. The highest BCUT2D eigenvalue weighted by Crippen LogP contribution is 2.17. The van der Waals surface area contributed by atoms with Crippen molar-refractivity contribution >= 4 is 23.6 Å². The van der Waals surface area contributed by atoms with Gasteiger partial charge in [0, 0.05) is 31.0 Å². The van der Waals surface area contributed by atoms with Crippen LogP contribution in [0.4, 0.5) is 4.79 Å². The molecule has 0 aliphatic carbocycles. The lowest BCUT2D eigenvalue weighted by Gasteiger charge is -2.26. The number of urea groups is 1. The number of likely N-dealkylation sites (N-methyl/N-ethyl adjacent to an activating group) is 1. The summed E-state index contributed by atoms with van der Waals surface area (Å²) >= 11 is 1.69. The van der Waals surface area contributed by atoms with Gasteiger partial charge in [0.25, 0.3) is 0 Å². The van der Waals surface area contributed by atoms with Crippen LogP contribution >= 0.6 is 11.3 Å². The van der Waals surface area contributed by atoms with Crippen LogP contribution in [-0.2, 0) is 6.42 Å². The van der Waals surface area contributed by atoms with Crippen LogP contribution in [-0.4, -0.2) is 49.9 Å². The van der Waals surface area contributed by atoms with Crippen LogP contribution < -0.4 is 10.6 Å². The molecule has 2 atom stereocenters. The second-order valence-electron chi connectivity index (χ2n) is 6.57. The van der Waals surface area contributed by atoms with Gasteiger partial charge in [-0.2, -0.15) is 11.3 Å². The smallest absolute Gasteiger partial charge is 0.315 e. The second-order valence-corrected chi connectivity index (χ2v) is 7.35. The molecule has 0 saturated carbocycles. The van der Waals surface area contributed by atoms with Gasteiger partial charge in [0.15, 0.2) is 0 Å². The van der Waals surface area contributed by atoms with E-state index in [1.54, 1.807) is 11.3 Å². The number of carbonyl (C=O) groups is 1. The first-order valence-electron chi connectivity index (χ1n) is 9.46. The van der Waals surface area contributed by atoms with Gasteiger partial charge in [0.1, 0.15) is 0 Å². The Bertz CT molecular complexity index is 566. The Morgan fingerprint density at radius 2 is 2.12 bits per heavy atom. The summed E-state index contributed by atoms with van der Waals surface area (Å²) in [6.45, 7) is 6.66. The lowest BCUT2D eigenvalue weighted by Crippen LogP contribution is -2.47. The van der Waals surface area contributed by atoms with Crippen molar-refractivity contribution in [3.63, 3.8) is 0 Å². The van der Waals surface area contributed by atoms with Gasteiger partial charge in [-0.15, -0.1) is 0 Å². The highest BCUT2D eigenvalue weighted by atomic mass is 32.1. The second kappa shape index (κ2) is 12.7. The van der Waals surface area contributed by atoms with Gasteiger partial charge in [-0.3, -0.25) is 4.99 Å². The minimum atomic E-state index is -0.0970. The van der Waals surface area contributed by atoms with Crippen molar-refractivity contribution < 1.29 is 4.79 Å². The number of carbonyl (C=O) groups excluding carboxylic acids is 1. The third-order valence-electron chi connectivity index (χ3n) is 4.18. The number of aliphatic imine (C=N–C) groups is 1. The molecular formula is C20H34N4OS. The maximum absolute atomic E-state index is 12.1. The zero-order valence-corrected chi connectivity index (χ0v) is 17.6. The molecule has 6 heteroatoms. The Balaban J connectivity index is 0.00000163. The topological polar surface area (TPSA) is 56.7 Å². The van der Waals surface area contributed by atoms with E-state index in [9.17, 15) is 4.79 Å². The van der Waals surface area contributed by atoms with Crippen LogP contribution in [0.3, 0.4) is 0 Å². The number of hydrogen-bond donors (Lipinski definition) is 2. The average Bonchev–Trinajstić information content (AvgIpc) is 3.13. The Hall–Kier alpha value is -1.66. The highest BCUT2D eigenvalue weighted by molar-refractivity contribution is 7.07. The fraction of sp³-hybridized carbons (Fsp3) is 0.600. The molecule has 1 aromatic rings. The molecule has 2 N–H and O–H groups in total. The number of thiophene rings is 1. The largest absolute Gasteiger partial charge is 0.337 e. The zero-order chi connectivity index (χ0) is 19.4. The van der Waals surface area contributed by atoms with Gasteiger partial charge in [-0.25, -0.2) is 4.79 Å². The first kappa shape index (κ1) is 22.4. The molecule has 26 heavy (non-hydrogen) atoms. The van der Waals surface area contributed by atoms with Crippen molar-refractivity contribution in [2.45, 2.75) is 58.5 Å². The number of rotatable bonds is 8. The average molecular weight is 379 g/mol. The molecule has 1 aromatic heterocycles. The molecule has 0 aromatic carbocycles. The van der Waals surface area contributed by atoms with Crippen molar-refractivity contribution in [1.82, 2.24) is 15.5 Å². The van der Waals surface area contributed by atoms with Crippen LogP contribution in [0.1, 0.15) is 45.6 Å². The molecule has 0 radical (unpaired) electrons. The Morgan fingerprint density at radius 1 is 1.35 bits per heavy atom. The van der Waals surface area contributed by atoms with E-state index in [1.165, 1.54) is 11.1 Å². The van der Waals surface area contributed by atoms with Gasteiger partial charge in [0.05, 0.1) is 0 Å². The molecule has 146 valence electrons. The molecule has 0 saturated heterocycles. The highest BCUT2D eigenvalue weighted by Gasteiger charge is 2.16. The molecule has 5 nitrogen and oxygen atoms in total. The summed E-state index contributed by atoms with van der Waals surface area (Å²) in [6.07, 6.45) is 7.80. The van der Waals surface area contributed by atoms with Gasteiger partial charge in [-0.1, -0.05) is 13.8 Å². The van der Waals surface area contributed by atoms with Gasteiger partial charge >= 0.3 is 6.03 Å². The van der Waals surface area contributed by atoms with E-state index in [4.69, 9.17) is 0 Å². The van der Waals surface area contributed by atoms with E-state index in [0.717, 1.165) is 25.7 Å². The predicted molar refractivity (Wildman–Crippen MR) is 113 cm³/mol. The maximum atomic E-state index is 12.1. The van der Waals surface area contributed by atoms with Crippen LogP contribution in [0.25, 0.3) is 0 Å². The normalized spacial score (nSPS) is 15.5. The Morgan fingerprint density at radius 3 is 2.69 bits per heavy atom. The van der Waals surface area contributed by atoms with Gasteiger partial charge in [0.2, 0.25) is 0 Å². The van der Waals surface area contributed by atoms with E-state index in [0.29, 0.717) is 6.54 Å². The van der Waals surface area contributed by atoms with Crippen molar-refractivity contribution in [1.29, 1.82) is 0 Å². The third kappa shape index (κ3) is 8.63. The molecule has 2 heterocycles. The van der Waals surface area contributed by atoms with Crippen LogP contribution in [0, 0.1) is 0 Å². The molecule has 0 fully saturated rings. The van der Waals surface area contributed by atoms with Crippen LogP contribution in [0.5, 0.6) is 0 Å². The standard InChI is InChI=1S/C18H28N4OS.C2H6/c1-14(9-16-6-8-24-13-16)21-18(23)20-12-17(22(2)3)10-15-5-4-7-19-11-15;1-2/h6-8,11,13-14,17H,4-5,9-10,12H2,1-3H3,(H2,20,21,23);1-2H3. The van der Waals surface area contributed by atoms with Gasteiger partial charge < -0.3 is 15.5 Å². The molecule has 0 spiro atoms. The first-order chi connectivity index (χ1) is 12.5. The van der Waals surface area contributed by atoms with Crippen LogP contribution in [0.2, 0.25) is 0 Å². The lowest BCUT2D eigenvalue weighted by atomic mass is 10.0. The number of nitrogens with zero attached hydrogens (tertiary/aromatic N) is 2. The monoisotopic (exact) mass is 378 g/mol. The lowest BCUT2D eigenvalue weighted by molar-refractivity contribution is 0.229. The molecule has 2 amide bonds. The van der Waals surface area contributed by atoms with Crippen molar-refractivity contribution in [3.8, 4) is 0 Å². The number of nitrogens with one attached hydrogen (secondary N) is 2. The molecule has 2 unspecified atom stereocenters. The van der Waals surface area contributed by atoms with Crippen molar-refractivity contribution in [2.24, 2.45) is 4.99 Å². The summed E-state index contributed by atoms with van der Waals surface area (Å²) in [5, 5.41) is 10.2. The van der Waals surface area contributed by atoms with E-state index in [-0.39, 0.29) is 18.1 Å². The maximum Gasteiger partial charge on any atom is 0.315 e. The van der Waals surface area contributed by atoms with E-state index in [2.05, 4.69) is 51.4 Å². The fourth-order valence-corrected chi connectivity index (χ4v) is 3.42. The minimum Gasteiger partial charge on any atom is -0.337 e. The summed E-state index contributed by atoms with van der Waals surface area (Å²) in [4.78, 5) is 18.5. The van der Waals surface area contributed by atoms with E-state index in [1.807, 2.05) is 33.2 Å². The Labute approximate surface area is 162 Å². The first-order valence-corrected chi connectivity index (χ1v) is 10.4. The summed E-state index contributed by atoms with van der Waals surface area (Å²) in [7, 11) is 4.10. The summed E-state index contributed by atoms with van der Waals surface area (Å²) < 4.78 is 0. The third-order valence-corrected chi connectivity index (χ3v) is 4.91. The number of hydrogen-bond acceptors (Lipinski definition) is 4. The molecule has 1 aliphatic rings. The summed E-state index contributed by atoms with van der Waals surface area (Å²) in [5.41, 5.74) is 2.62.